The summed E-state index contributed by atoms with van der Waals surface area (Å²) in [6, 6.07) is 5.16. The molecule has 0 saturated heterocycles. The molecule has 1 aromatic carbocycles. The van der Waals surface area contributed by atoms with Crippen LogP contribution in [-0.2, 0) is 12.6 Å². The number of benzene rings is 1. The fourth-order valence-corrected chi connectivity index (χ4v) is 1.77. The van der Waals surface area contributed by atoms with Crippen molar-refractivity contribution in [2.24, 2.45) is 0 Å². The molecule has 0 aliphatic carbocycles. The Hall–Kier alpha value is -1.52. The lowest BCUT2D eigenvalue weighted by molar-refractivity contribution is -0.137. The molecule has 0 atom stereocenters. The van der Waals surface area contributed by atoms with Crippen molar-refractivity contribution < 1.29 is 13.2 Å². The second-order valence-corrected chi connectivity index (χ2v) is 3.99. The van der Waals surface area contributed by atoms with Crippen molar-refractivity contribution in [3.63, 3.8) is 0 Å². The lowest BCUT2D eigenvalue weighted by atomic mass is 10.1. The zero-order valence-corrected chi connectivity index (χ0v) is 10.5. The van der Waals surface area contributed by atoms with Gasteiger partial charge in [0.05, 0.1) is 5.56 Å². The number of amidine groups is 1. The van der Waals surface area contributed by atoms with E-state index in [1.807, 2.05) is 18.7 Å². The fraction of sp³-hybridized carbons (Fsp3) is 0.462. The smallest absolute Gasteiger partial charge is 0.361 e. The van der Waals surface area contributed by atoms with Crippen molar-refractivity contribution in [1.29, 1.82) is 5.41 Å². The molecule has 0 aliphatic rings. The van der Waals surface area contributed by atoms with Gasteiger partial charge in [0, 0.05) is 19.5 Å². The number of nitrogens with one attached hydrogen (secondary N) is 1. The van der Waals surface area contributed by atoms with Crippen LogP contribution >= 0.6 is 0 Å². The maximum Gasteiger partial charge on any atom is 0.416 e. The molecule has 0 aromatic heterocycles. The molecule has 0 heterocycles. The van der Waals surface area contributed by atoms with E-state index in [1.165, 1.54) is 6.07 Å². The Kier molecular flexibility index (Phi) is 4.76. The Morgan fingerprint density at radius 2 is 1.83 bits per heavy atom. The summed E-state index contributed by atoms with van der Waals surface area (Å²) < 4.78 is 37.6. The van der Waals surface area contributed by atoms with Crippen LogP contribution in [0, 0.1) is 5.41 Å². The summed E-state index contributed by atoms with van der Waals surface area (Å²) in [5.74, 6) is 0.347. The molecule has 1 N–H and O–H groups in total. The Morgan fingerprint density at radius 3 is 2.33 bits per heavy atom. The van der Waals surface area contributed by atoms with Gasteiger partial charge in [-0.15, -0.1) is 0 Å². The highest BCUT2D eigenvalue weighted by Gasteiger charge is 2.30. The van der Waals surface area contributed by atoms with Crippen LogP contribution in [0.4, 0.5) is 13.2 Å². The number of hydrogen-bond acceptors (Lipinski definition) is 1. The third-order valence-electron chi connectivity index (χ3n) is 2.77. The van der Waals surface area contributed by atoms with Gasteiger partial charge in [0.2, 0.25) is 0 Å². The Bertz CT molecular complexity index is 409. The zero-order chi connectivity index (χ0) is 13.8. The molecule has 0 saturated carbocycles. The number of halogens is 3. The summed E-state index contributed by atoms with van der Waals surface area (Å²) in [7, 11) is 0. The third kappa shape index (κ3) is 3.75. The van der Waals surface area contributed by atoms with E-state index in [9.17, 15) is 13.2 Å². The van der Waals surface area contributed by atoms with Crippen molar-refractivity contribution in [1.82, 2.24) is 4.90 Å². The van der Waals surface area contributed by atoms with Crippen molar-refractivity contribution in [2.75, 3.05) is 13.1 Å². The molecule has 0 fully saturated rings. The highest BCUT2D eigenvalue weighted by molar-refractivity contribution is 5.81. The van der Waals surface area contributed by atoms with Crippen LogP contribution in [0.3, 0.4) is 0 Å². The van der Waals surface area contributed by atoms with E-state index in [0.29, 0.717) is 24.5 Å². The van der Waals surface area contributed by atoms with E-state index in [0.717, 1.165) is 12.1 Å². The molecule has 0 aliphatic heterocycles. The van der Waals surface area contributed by atoms with E-state index in [2.05, 4.69) is 0 Å². The van der Waals surface area contributed by atoms with Crippen LogP contribution in [0.2, 0.25) is 0 Å². The molecule has 100 valence electrons. The van der Waals surface area contributed by atoms with Crippen molar-refractivity contribution in [2.45, 2.75) is 26.4 Å². The topological polar surface area (TPSA) is 27.1 Å². The Labute approximate surface area is 105 Å². The van der Waals surface area contributed by atoms with Gasteiger partial charge in [0.1, 0.15) is 5.84 Å². The minimum absolute atomic E-state index is 0.228. The monoisotopic (exact) mass is 258 g/mol. The maximum absolute atomic E-state index is 12.5. The molecule has 1 aromatic rings. The normalized spacial score (nSPS) is 11.4. The summed E-state index contributed by atoms with van der Waals surface area (Å²) in [5.41, 5.74) is -0.144. The number of hydrogen-bond donors (Lipinski definition) is 1. The zero-order valence-electron chi connectivity index (χ0n) is 10.5. The van der Waals surface area contributed by atoms with Gasteiger partial charge in [0.25, 0.3) is 0 Å². The van der Waals surface area contributed by atoms with Crippen LogP contribution in [0.25, 0.3) is 0 Å². The highest BCUT2D eigenvalue weighted by Crippen LogP contribution is 2.29. The standard InChI is InChI=1S/C13H17F3N2/c1-3-18(4-2)12(17)9-10-6-5-7-11(8-10)13(14,15)16/h5-8,17H,3-4,9H2,1-2H3. The van der Waals surface area contributed by atoms with Crippen LogP contribution in [0.15, 0.2) is 24.3 Å². The molecule has 2 nitrogen and oxygen atoms in total. The summed E-state index contributed by atoms with van der Waals surface area (Å²) in [6.07, 6.45) is -4.10. The predicted molar refractivity (Wildman–Crippen MR) is 65.8 cm³/mol. The first kappa shape index (κ1) is 14.5. The van der Waals surface area contributed by atoms with Crippen LogP contribution in [0.5, 0.6) is 0 Å². The number of alkyl halides is 3. The van der Waals surface area contributed by atoms with Crippen LogP contribution in [-0.4, -0.2) is 23.8 Å². The Morgan fingerprint density at radius 1 is 1.22 bits per heavy atom. The van der Waals surface area contributed by atoms with Gasteiger partial charge in [-0.3, -0.25) is 5.41 Å². The van der Waals surface area contributed by atoms with Gasteiger partial charge in [0.15, 0.2) is 0 Å². The van der Waals surface area contributed by atoms with Crippen molar-refractivity contribution >= 4 is 5.84 Å². The number of likely N-dealkylation sites (N-methyl/N-ethyl adjacent to an activating group) is 1. The lowest BCUT2D eigenvalue weighted by Crippen LogP contribution is -2.31. The molecule has 5 heteroatoms. The third-order valence-corrected chi connectivity index (χ3v) is 2.77. The van der Waals surface area contributed by atoms with Crippen molar-refractivity contribution in [3.05, 3.63) is 35.4 Å². The molecule has 1 rings (SSSR count). The maximum atomic E-state index is 12.5. The van der Waals surface area contributed by atoms with E-state index in [4.69, 9.17) is 5.41 Å². The average molecular weight is 258 g/mol. The largest absolute Gasteiger partial charge is 0.416 e. The summed E-state index contributed by atoms with van der Waals surface area (Å²) >= 11 is 0. The molecular weight excluding hydrogens is 241 g/mol. The minimum Gasteiger partial charge on any atom is -0.361 e. The van der Waals surface area contributed by atoms with E-state index < -0.39 is 11.7 Å². The van der Waals surface area contributed by atoms with Gasteiger partial charge in [-0.05, 0) is 25.5 Å². The number of nitrogens with zero attached hydrogens (tertiary/aromatic N) is 1. The SMILES string of the molecule is CCN(CC)C(=N)Cc1cccc(C(F)(F)F)c1. The Balaban J connectivity index is 2.83. The van der Waals surface area contributed by atoms with Gasteiger partial charge in [-0.2, -0.15) is 13.2 Å². The molecular formula is C13H17F3N2. The second kappa shape index (κ2) is 5.89. The predicted octanol–water partition coefficient (Wildman–Crippen LogP) is 3.57. The molecule has 0 radical (unpaired) electrons. The van der Waals surface area contributed by atoms with Crippen molar-refractivity contribution in [3.8, 4) is 0 Å². The lowest BCUT2D eigenvalue weighted by Gasteiger charge is -2.21. The fourth-order valence-electron chi connectivity index (χ4n) is 1.77. The molecule has 0 bridgehead atoms. The quantitative estimate of drug-likeness (QED) is 0.648. The average Bonchev–Trinajstić information content (AvgIpc) is 2.29. The van der Waals surface area contributed by atoms with Gasteiger partial charge in [-0.1, -0.05) is 18.2 Å². The number of rotatable bonds is 4. The summed E-state index contributed by atoms with van der Waals surface area (Å²) in [4.78, 5) is 1.82. The van der Waals surface area contributed by atoms with E-state index in [1.54, 1.807) is 6.07 Å². The minimum atomic E-state index is -4.33. The van der Waals surface area contributed by atoms with Crippen LogP contribution in [0.1, 0.15) is 25.0 Å². The summed E-state index contributed by atoms with van der Waals surface area (Å²) in [6.45, 7) is 5.22. The first-order valence-electron chi connectivity index (χ1n) is 5.87. The van der Waals surface area contributed by atoms with Gasteiger partial charge < -0.3 is 4.90 Å². The molecule has 0 amide bonds. The molecule has 0 unspecified atom stereocenters. The first-order valence-corrected chi connectivity index (χ1v) is 5.87. The van der Waals surface area contributed by atoms with Gasteiger partial charge >= 0.3 is 6.18 Å². The molecule has 0 spiro atoms. The van der Waals surface area contributed by atoms with E-state index >= 15 is 0 Å². The highest BCUT2D eigenvalue weighted by atomic mass is 19.4. The van der Waals surface area contributed by atoms with Crippen LogP contribution < -0.4 is 0 Å². The van der Waals surface area contributed by atoms with Gasteiger partial charge in [-0.25, -0.2) is 0 Å². The second-order valence-electron chi connectivity index (χ2n) is 3.99. The van der Waals surface area contributed by atoms with E-state index in [-0.39, 0.29) is 6.42 Å². The molecule has 18 heavy (non-hydrogen) atoms. The first-order chi connectivity index (χ1) is 8.38. The summed E-state index contributed by atoms with van der Waals surface area (Å²) in [5, 5.41) is 7.85.